The van der Waals surface area contributed by atoms with E-state index in [4.69, 9.17) is 21.7 Å². The molecule has 7 nitrogen and oxygen atoms in total. The predicted octanol–water partition coefficient (Wildman–Crippen LogP) is 4.98. The third-order valence-corrected chi connectivity index (χ3v) is 6.12. The van der Waals surface area contributed by atoms with Gasteiger partial charge in [-0.25, -0.2) is 0 Å². The van der Waals surface area contributed by atoms with Crippen molar-refractivity contribution in [3.8, 4) is 5.75 Å². The second-order valence-corrected chi connectivity index (χ2v) is 8.49. The lowest BCUT2D eigenvalue weighted by molar-refractivity contribution is -0.114. The first-order valence-electron chi connectivity index (χ1n) is 9.95. The Balaban J connectivity index is 1.36. The number of hydrogen-bond donors (Lipinski definition) is 1. The molecule has 3 heterocycles. The highest BCUT2D eigenvalue weighted by molar-refractivity contribution is 8.27. The van der Waals surface area contributed by atoms with Crippen molar-refractivity contribution in [2.45, 2.75) is 6.61 Å². The summed E-state index contributed by atoms with van der Waals surface area (Å²) in [7, 11) is 0. The van der Waals surface area contributed by atoms with Crippen molar-refractivity contribution in [3.63, 3.8) is 0 Å². The first-order chi connectivity index (χ1) is 16.1. The summed E-state index contributed by atoms with van der Waals surface area (Å²) in [6.45, 7) is 0.394. The smallest absolute Gasteiger partial charge is 0.283 e. The fourth-order valence-corrected chi connectivity index (χ4v) is 4.35. The Morgan fingerprint density at radius 2 is 1.97 bits per heavy atom. The number of hydrogen-bond acceptors (Lipinski definition) is 6. The Bertz CT molecular complexity index is 1340. The number of nitrogens with one attached hydrogen (secondary N) is 1. The fraction of sp³-hybridized carbons (Fsp3) is 0.0417. The monoisotopic (exact) mass is 473 g/mol. The lowest BCUT2D eigenvalue weighted by Gasteiger charge is -2.20. The molecule has 2 aliphatic heterocycles. The van der Waals surface area contributed by atoms with Gasteiger partial charge in [-0.3, -0.25) is 15.2 Å². The van der Waals surface area contributed by atoms with E-state index in [1.165, 1.54) is 16.8 Å². The van der Waals surface area contributed by atoms with E-state index in [0.717, 1.165) is 11.1 Å². The molecule has 0 spiro atoms. The van der Waals surface area contributed by atoms with Gasteiger partial charge in [0.15, 0.2) is 5.84 Å². The number of ether oxygens (including phenoxy) is 1. The third-order valence-electron chi connectivity index (χ3n) is 4.87. The predicted molar refractivity (Wildman–Crippen MR) is 131 cm³/mol. The first-order valence-corrected chi connectivity index (χ1v) is 11.1. The summed E-state index contributed by atoms with van der Waals surface area (Å²) in [6, 6.07) is 18.7. The second kappa shape index (κ2) is 9.01. The molecule has 0 aliphatic carbocycles. The average molecular weight is 474 g/mol. The number of thioether (sulfide) groups is 1. The van der Waals surface area contributed by atoms with E-state index in [9.17, 15) is 4.79 Å². The first kappa shape index (κ1) is 21.1. The molecule has 1 amide bonds. The van der Waals surface area contributed by atoms with Crippen LogP contribution >= 0.6 is 23.4 Å². The van der Waals surface area contributed by atoms with E-state index in [-0.39, 0.29) is 11.4 Å². The summed E-state index contributed by atoms with van der Waals surface area (Å²) < 4.78 is 5.80. The molecular formula is C24H16ClN5O2S. The number of fused-ring (bicyclic) bond motifs is 1. The maximum absolute atomic E-state index is 12.6. The number of benzene rings is 2. The van der Waals surface area contributed by atoms with E-state index in [1.54, 1.807) is 42.7 Å². The quantitative estimate of drug-likeness (QED) is 0.527. The topological polar surface area (TPSA) is 91.0 Å². The van der Waals surface area contributed by atoms with Crippen LogP contribution in [0.3, 0.4) is 0 Å². The molecule has 0 saturated heterocycles. The second-order valence-electron chi connectivity index (χ2n) is 7.13. The normalized spacial score (nSPS) is 16.5. The van der Waals surface area contributed by atoms with Gasteiger partial charge in [-0.15, -0.1) is 0 Å². The number of nitrogens with zero attached hydrogens (tertiary/aromatic N) is 4. The number of hydrazone groups is 1. The molecule has 0 radical (unpaired) electrons. The molecule has 0 bridgehead atoms. The van der Waals surface area contributed by atoms with Gasteiger partial charge in [-0.1, -0.05) is 48.0 Å². The van der Waals surface area contributed by atoms with Crippen LogP contribution in [0.15, 0.2) is 88.7 Å². The molecule has 0 fully saturated rings. The summed E-state index contributed by atoms with van der Waals surface area (Å²) in [5.74, 6) is -0.00601. The van der Waals surface area contributed by atoms with E-state index in [1.807, 2.05) is 36.4 Å². The van der Waals surface area contributed by atoms with Crippen molar-refractivity contribution < 1.29 is 9.53 Å². The van der Waals surface area contributed by atoms with Crippen molar-refractivity contribution in [1.82, 2.24) is 9.99 Å². The van der Waals surface area contributed by atoms with Gasteiger partial charge >= 0.3 is 0 Å². The van der Waals surface area contributed by atoms with Crippen molar-refractivity contribution in [2.24, 2.45) is 10.1 Å². The largest absolute Gasteiger partial charge is 0.487 e. The van der Waals surface area contributed by atoms with Gasteiger partial charge in [0.25, 0.3) is 5.91 Å². The minimum absolute atomic E-state index is 0.0445. The minimum Gasteiger partial charge on any atom is -0.487 e. The van der Waals surface area contributed by atoms with Crippen molar-refractivity contribution >= 4 is 51.4 Å². The summed E-state index contributed by atoms with van der Waals surface area (Å²) in [4.78, 5) is 20.9. The molecule has 2 aromatic carbocycles. The zero-order valence-corrected chi connectivity index (χ0v) is 18.7. The molecule has 0 atom stereocenters. The Morgan fingerprint density at radius 3 is 2.73 bits per heavy atom. The Labute approximate surface area is 199 Å². The molecule has 3 aromatic rings. The van der Waals surface area contributed by atoms with E-state index in [0.29, 0.717) is 33.2 Å². The van der Waals surface area contributed by atoms with Crippen LogP contribution in [0.4, 0.5) is 0 Å². The van der Waals surface area contributed by atoms with Gasteiger partial charge in [0.1, 0.15) is 17.4 Å². The van der Waals surface area contributed by atoms with Crippen LogP contribution in [-0.4, -0.2) is 31.9 Å². The maximum atomic E-state index is 12.6. The molecule has 162 valence electrons. The molecule has 33 heavy (non-hydrogen) atoms. The fourth-order valence-electron chi connectivity index (χ4n) is 3.22. The van der Waals surface area contributed by atoms with Gasteiger partial charge in [-0.05, 0) is 53.2 Å². The van der Waals surface area contributed by atoms with Gasteiger partial charge < -0.3 is 4.74 Å². The number of aliphatic imine (C=N–C) groups is 1. The van der Waals surface area contributed by atoms with Gasteiger partial charge in [0.2, 0.25) is 5.17 Å². The highest BCUT2D eigenvalue weighted by Gasteiger charge is 2.36. The highest BCUT2D eigenvalue weighted by atomic mass is 35.5. The maximum Gasteiger partial charge on any atom is 0.283 e. The Kier molecular flexibility index (Phi) is 5.77. The van der Waals surface area contributed by atoms with Crippen molar-refractivity contribution in [2.75, 3.05) is 0 Å². The van der Waals surface area contributed by atoms with Crippen LogP contribution < -0.4 is 4.74 Å². The van der Waals surface area contributed by atoms with E-state index in [2.05, 4.69) is 15.1 Å². The van der Waals surface area contributed by atoms with Crippen LogP contribution in [0.2, 0.25) is 5.02 Å². The summed E-state index contributed by atoms with van der Waals surface area (Å²) in [5.41, 5.74) is 2.61. The van der Waals surface area contributed by atoms with E-state index < -0.39 is 5.91 Å². The van der Waals surface area contributed by atoms with Crippen molar-refractivity contribution in [3.05, 3.63) is 100 Å². The average Bonchev–Trinajstić information content (AvgIpc) is 3.27. The number of pyridine rings is 1. The van der Waals surface area contributed by atoms with Crippen LogP contribution in [0.1, 0.15) is 16.7 Å². The molecule has 1 N–H and O–H groups in total. The number of carbonyl (C=O) groups excluding carboxylic acids is 1. The number of amidine groups is 2. The van der Waals surface area contributed by atoms with Gasteiger partial charge in [0, 0.05) is 18.0 Å². The molecule has 9 heteroatoms. The SMILES string of the molecule is N=C1/C(=C/c2ccc(OCc3ccccc3)c(Cl)c2)C(=O)N=C2SC(c3cccnc3)=NN12. The number of amides is 1. The molecular weight excluding hydrogens is 458 g/mol. The summed E-state index contributed by atoms with van der Waals surface area (Å²) in [5, 5.41) is 15.7. The zero-order chi connectivity index (χ0) is 22.8. The van der Waals surface area contributed by atoms with Crippen LogP contribution in [0.25, 0.3) is 6.08 Å². The van der Waals surface area contributed by atoms with Crippen LogP contribution in [0.5, 0.6) is 5.75 Å². The van der Waals surface area contributed by atoms with Crippen LogP contribution in [-0.2, 0) is 11.4 Å². The third kappa shape index (κ3) is 4.44. The van der Waals surface area contributed by atoms with Crippen molar-refractivity contribution in [1.29, 1.82) is 5.41 Å². The lowest BCUT2D eigenvalue weighted by Crippen LogP contribution is -2.35. The number of rotatable bonds is 5. The van der Waals surface area contributed by atoms with Crippen LogP contribution in [0, 0.1) is 5.41 Å². The molecule has 2 aliphatic rings. The highest BCUT2D eigenvalue weighted by Crippen LogP contribution is 2.32. The molecule has 5 rings (SSSR count). The Hall–Kier alpha value is -3.75. The summed E-state index contributed by atoms with van der Waals surface area (Å²) >= 11 is 7.63. The van der Waals surface area contributed by atoms with Gasteiger partial charge in [0.05, 0.1) is 10.6 Å². The zero-order valence-electron chi connectivity index (χ0n) is 17.1. The standard InChI is InChI=1S/C24H16ClN5O2S/c25-19-12-16(8-9-20(19)32-14-15-5-2-1-3-6-15)11-18-21(26)30-24(28-22(18)31)33-23(29-30)17-7-4-10-27-13-17/h1-13,26H,14H2/b18-11-,26-21?. The number of halogens is 1. The molecule has 0 saturated carbocycles. The lowest BCUT2D eigenvalue weighted by atomic mass is 10.1. The molecule has 1 aromatic heterocycles. The molecule has 0 unspecified atom stereocenters. The number of carbonyl (C=O) groups is 1. The number of aromatic nitrogens is 1. The van der Waals surface area contributed by atoms with Gasteiger partial charge in [-0.2, -0.15) is 15.1 Å². The minimum atomic E-state index is -0.498. The van der Waals surface area contributed by atoms with E-state index >= 15 is 0 Å². The Morgan fingerprint density at radius 1 is 1.12 bits per heavy atom. The summed E-state index contributed by atoms with van der Waals surface area (Å²) in [6.07, 6.45) is 4.93.